The second kappa shape index (κ2) is 17.0. The fraction of sp³-hybridized carbons (Fsp3) is 0.0571. The van der Waals surface area contributed by atoms with Gasteiger partial charge in [0.05, 0.1) is 16.8 Å². The highest BCUT2D eigenvalue weighted by Gasteiger charge is 2.46. The Bertz CT molecular complexity index is 3720. The fourth-order valence-corrected chi connectivity index (χ4v) is 12.3. The van der Waals surface area contributed by atoms with E-state index in [1.807, 2.05) is 0 Å². The Morgan fingerprint density at radius 2 is 0.690 bits per heavy atom. The summed E-state index contributed by atoms with van der Waals surface area (Å²) < 4.78 is 0. The van der Waals surface area contributed by atoms with Crippen LogP contribution in [-0.4, -0.2) is 0 Å². The molecule has 0 spiro atoms. The van der Waals surface area contributed by atoms with Crippen LogP contribution in [0.3, 0.4) is 0 Å². The third-order valence-electron chi connectivity index (χ3n) is 15.4. The lowest BCUT2D eigenvalue weighted by molar-refractivity contribution is 0.660. The van der Waals surface area contributed by atoms with E-state index in [-0.39, 0.29) is 5.41 Å². The summed E-state index contributed by atoms with van der Waals surface area (Å²) >= 11 is 0. The van der Waals surface area contributed by atoms with Gasteiger partial charge < -0.3 is 4.90 Å². The van der Waals surface area contributed by atoms with Crippen molar-refractivity contribution in [2.75, 3.05) is 4.90 Å². The molecule has 0 heterocycles. The van der Waals surface area contributed by atoms with Crippen LogP contribution in [0, 0.1) is 0 Å². The van der Waals surface area contributed by atoms with E-state index < -0.39 is 5.41 Å². The molecular weight excluding hydrogens is 855 g/mol. The molecule has 0 fully saturated rings. The first kappa shape index (κ1) is 42.3. The number of hydrogen-bond donors (Lipinski definition) is 0. The van der Waals surface area contributed by atoms with Crippen LogP contribution in [-0.2, 0) is 10.8 Å². The van der Waals surface area contributed by atoms with Crippen LogP contribution in [0.2, 0.25) is 0 Å². The average molecular weight is 906 g/mol. The summed E-state index contributed by atoms with van der Waals surface area (Å²) in [6.45, 7) is 4.76. The van der Waals surface area contributed by atoms with Crippen LogP contribution in [0.25, 0.3) is 66.8 Å². The smallest absolute Gasteiger partial charge is 0.0714 e. The predicted molar refractivity (Wildman–Crippen MR) is 298 cm³/mol. The van der Waals surface area contributed by atoms with Gasteiger partial charge in [-0.2, -0.15) is 0 Å². The lowest BCUT2D eigenvalue weighted by Crippen LogP contribution is -2.28. The van der Waals surface area contributed by atoms with Gasteiger partial charge in [0.1, 0.15) is 0 Å². The Labute approximate surface area is 417 Å². The molecule has 0 atom stereocenters. The maximum absolute atomic E-state index is 2.59. The summed E-state index contributed by atoms with van der Waals surface area (Å²) in [5.74, 6) is 0. The second-order valence-corrected chi connectivity index (χ2v) is 19.5. The van der Waals surface area contributed by atoms with Crippen LogP contribution >= 0.6 is 0 Å². The summed E-state index contributed by atoms with van der Waals surface area (Å²) in [5.41, 5.74) is 24.8. The summed E-state index contributed by atoms with van der Waals surface area (Å²) in [5, 5.41) is 0. The molecule has 0 amide bonds. The lowest BCUT2D eigenvalue weighted by atomic mass is 9.67. The molecule has 0 aliphatic heterocycles. The zero-order valence-corrected chi connectivity index (χ0v) is 39.9. The SMILES string of the molecule is CC1(C)c2ccccc2-c2c(-c3c(-c4ccccc4)cccc3N(c3ccc4c(c3)C(c3ccccc3)(c3ccccc3)c3ccccc3-4)c3cccc(-c4ccccc4)c3-c3ccccc3)cccc21. The van der Waals surface area contributed by atoms with Crippen LogP contribution < -0.4 is 4.90 Å². The number of nitrogens with zero attached hydrogens (tertiary/aromatic N) is 1. The van der Waals surface area contributed by atoms with E-state index in [4.69, 9.17) is 0 Å². The second-order valence-electron chi connectivity index (χ2n) is 19.5. The molecular formula is C70H51N. The molecule has 1 nitrogen and oxygen atoms in total. The third-order valence-corrected chi connectivity index (χ3v) is 15.4. The van der Waals surface area contributed by atoms with E-state index in [9.17, 15) is 0 Å². The molecule has 1 heteroatoms. The minimum Gasteiger partial charge on any atom is -0.309 e. The maximum atomic E-state index is 2.59. The molecule has 0 N–H and O–H groups in total. The highest BCUT2D eigenvalue weighted by atomic mass is 15.1. The van der Waals surface area contributed by atoms with Crippen molar-refractivity contribution in [1.29, 1.82) is 0 Å². The Kier molecular flexibility index (Phi) is 10.1. The molecule has 2 aliphatic carbocycles. The van der Waals surface area contributed by atoms with Crippen molar-refractivity contribution in [3.63, 3.8) is 0 Å². The van der Waals surface area contributed by atoms with Crippen molar-refractivity contribution < 1.29 is 0 Å². The number of anilines is 3. The van der Waals surface area contributed by atoms with E-state index in [1.165, 1.54) is 94.6 Å². The van der Waals surface area contributed by atoms with Crippen molar-refractivity contribution in [3.8, 4) is 66.8 Å². The van der Waals surface area contributed by atoms with E-state index >= 15 is 0 Å². The molecule has 2 aliphatic rings. The first-order chi connectivity index (χ1) is 35.0. The molecule has 0 saturated carbocycles. The monoisotopic (exact) mass is 905 g/mol. The molecule has 0 radical (unpaired) electrons. The zero-order chi connectivity index (χ0) is 47.5. The normalized spacial score (nSPS) is 13.4. The van der Waals surface area contributed by atoms with E-state index in [1.54, 1.807) is 0 Å². The Balaban J connectivity index is 1.18. The van der Waals surface area contributed by atoms with Crippen LogP contribution in [0.15, 0.2) is 273 Å². The minimum absolute atomic E-state index is 0.179. The first-order valence-electron chi connectivity index (χ1n) is 24.8. The highest BCUT2D eigenvalue weighted by molar-refractivity contribution is 6.06. The first-order valence-corrected chi connectivity index (χ1v) is 24.8. The van der Waals surface area contributed by atoms with Gasteiger partial charge in [0.25, 0.3) is 0 Å². The molecule has 0 saturated heterocycles. The van der Waals surface area contributed by atoms with Gasteiger partial charge in [-0.05, 0) is 113 Å². The van der Waals surface area contributed by atoms with Gasteiger partial charge in [0.15, 0.2) is 0 Å². The standard InChI is InChI=1S/C70H51N/c1-69(2)60-40-20-19-36-58(60)67-59(39-22-42-62(67)69)68-55(49-27-10-4-11-28-49)38-24-44-65(68)71(64-43-23-37-54(48-25-8-3-9-26-48)66(64)50-29-12-5-13-30-50)53-45-46-57-56-35-18-21-41-61(56)70(63(57)47-53,51-31-14-6-15-32-51)52-33-16-7-17-34-52/h3-47H,1-2H3. The van der Waals surface area contributed by atoms with Crippen LogP contribution in [0.5, 0.6) is 0 Å². The quantitative estimate of drug-likeness (QED) is 0.139. The molecule has 0 unspecified atom stereocenters. The van der Waals surface area contributed by atoms with Gasteiger partial charge in [-0.25, -0.2) is 0 Å². The topological polar surface area (TPSA) is 3.24 Å². The maximum Gasteiger partial charge on any atom is 0.0714 e. The van der Waals surface area contributed by atoms with Gasteiger partial charge in [-0.15, -0.1) is 0 Å². The molecule has 11 aromatic carbocycles. The van der Waals surface area contributed by atoms with Crippen molar-refractivity contribution in [2.45, 2.75) is 24.7 Å². The summed E-state index contributed by atoms with van der Waals surface area (Å²) in [4.78, 5) is 2.59. The molecule has 0 bridgehead atoms. The number of hydrogen-bond acceptors (Lipinski definition) is 1. The molecule has 0 aromatic heterocycles. The molecule has 71 heavy (non-hydrogen) atoms. The molecule has 336 valence electrons. The fourth-order valence-electron chi connectivity index (χ4n) is 12.3. The minimum atomic E-state index is -0.589. The third kappa shape index (κ3) is 6.61. The van der Waals surface area contributed by atoms with Gasteiger partial charge in [-0.1, -0.05) is 263 Å². The van der Waals surface area contributed by atoms with Gasteiger partial charge in [0.2, 0.25) is 0 Å². The molecule has 11 aromatic rings. The lowest BCUT2D eigenvalue weighted by Gasteiger charge is -2.36. The number of rotatable bonds is 9. The summed E-state index contributed by atoms with van der Waals surface area (Å²) in [6.07, 6.45) is 0. The largest absolute Gasteiger partial charge is 0.309 e. The van der Waals surface area contributed by atoms with Crippen molar-refractivity contribution in [3.05, 3.63) is 306 Å². The predicted octanol–water partition coefficient (Wildman–Crippen LogP) is 18.5. The van der Waals surface area contributed by atoms with Crippen molar-refractivity contribution >= 4 is 17.1 Å². The van der Waals surface area contributed by atoms with E-state index in [2.05, 4.69) is 292 Å². The van der Waals surface area contributed by atoms with Crippen LogP contribution in [0.4, 0.5) is 17.1 Å². The van der Waals surface area contributed by atoms with Crippen LogP contribution in [0.1, 0.15) is 47.2 Å². The van der Waals surface area contributed by atoms with Gasteiger partial charge >= 0.3 is 0 Å². The highest BCUT2D eigenvalue weighted by Crippen LogP contribution is 2.60. The number of fused-ring (bicyclic) bond motifs is 6. The Hall–Kier alpha value is -8.78. The van der Waals surface area contributed by atoms with E-state index in [0.29, 0.717) is 0 Å². The van der Waals surface area contributed by atoms with Crippen molar-refractivity contribution in [1.82, 2.24) is 0 Å². The average Bonchev–Trinajstić information content (AvgIpc) is 3.88. The Morgan fingerprint density at radius 3 is 1.30 bits per heavy atom. The van der Waals surface area contributed by atoms with Crippen molar-refractivity contribution in [2.24, 2.45) is 0 Å². The summed E-state index contributed by atoms with van der Waals surface area (Å²) in [7, 11) is 0. The van der Waals surface area contributed by atoms with E-state index in [0.717, 1.165) is 22.6 Å². The number of benzene rings is 11. The van der Waals surface area contributed by atoms with Gasteiger partial charge in [-0.3, -0.25) is 0 Å². The zero-order valence-electron chi connectivity index (χ0n) is 39.9. The molecule has 13 rings (SSSR count). The van der Waals surface area contributed by atoms with Gasteiger partial charge in [0, 0.05) is 22.2 Å². The Morgan fingerprint density at radius 1 is 0.268 bits per heavy atom. The summed E-state index contributed by atoms with van der Waals surface area (Å²) in [6, 6.07) is 101.